The monoisotopic (exact) mass is 895 g/mol. The highest BCUT2D eigenvalue weighted by atomic mass is 32.2. The zero-order valence-corrected chi connectivity index (χ0v) is 34.4. The number of rotatable bonds is 21. The van der Waals surface area contributed by atoms with E-state index < -0.39 is 58.3 Å². The van der Waals surface area contributed by atoms with Gasteiger partial charge in [0.1, 0.15) is 11.8 Å². The third kappa shape index (κ3) is 11.4. The molecule has 1 atom stereocenters. The molecule has 0 spiro atoms. The number of carbonyl (C=O) groups excluding carboxylic acids is 6. The van der Waals surface area contributed by atoms with Crippen LogP contribution < -0.4 is 20.1 Å². The number of carbonyl (C=O) groups is 6. The van der Waals surface area contributed by atoms with E-state index in [2.05, 4.69) is 10.6 Å². The minimum Gasteiger partial charge on any atom is -0.493 e. The lowest BCUT2D eigenvalue weighted by Crippen LogP contribution is -2.54. The first-order valence-electron chi connectivity index (χ1n) is 19.4. The molecule has 3 aromatic rings. The number of piperidine rings is 1. The fourth-order valence-electron chi connectivity index (χ4n) is 6.57. The van der Waals surface area contributed by atoms with Crippen LogP contribution in [0.25, 0.3) is 6.08 Å². The largest absolute Gasteiger partial charge is 0.493 e. The van der Waals surface area contributed by atoms with Crippen LogP contribution >= 0.6 is 11.8 Å². The molecule has 3 aliphatic rings. The first-order valence-corrected chi connectivity index (χ1v) is 20.2. The normalized spacial score (nSPS) is 17.1. The summed E-state index contributed by atoms with van der Waals surface area (Å²) in [5, 5.41) is 13.8. The number of fused-ring (bicyclic) bond motifs is 1. The second kappa shape index (κ2) is 21.2. The van der Waals surface area contributed by atoms with Gasteiger partial charge in [-0.2, -0.15) is 18.4 Å². The van der Waals surface area contributed by atoms with Crippen LogP contribution in [0.4, 0.5) is 23.7 Å². The summed E-state index contributed by atoms with van der Waals surface area (Å²) in [6.45, 7) is 2.23. The second-order valence-electron chi connectivity index (χ2n) is 13.7. The van der Waals surface area contributed by atoms with Crippen LogP contribution in [0.2, 0.25) is 0 Å². The molecule has 63 heavy (non-hydrogen) atoms. The zero-order valence-electron chi connectivity index (χ0n) is 33.6. The molecule has 6 amide bonds. The molecule has 0 bridgehead atoms. The van der Waals surface area contributed by atoms with Gasteiger partial charge in [0.2, 0.25) is 11.8 Å². The van der Waals surface area contributed by atoms with E-state index in [-0.39, 0.29) is 92.1 Å². The molecule has 21 heteroatoms. The van der Waals surface area contributed by atoms with Crippen molar-refractivity contribution in [2.75, 3.05) is 78.4 Å². The highest BCUT2D eigenvalue weighted by Gasteiger charge is 2.45. The standard InChI is InChI=1S/C42H40F3N5O12S/c1-57-33-22-25(5-9-32(33)62-31-8-6-26(24-46)21-28(31)42(43,44)45)23-34-39(54)49(41(56)63-34)12-14-59-16-18-61-20-19-60-17-15-58-13-11-47-29-4-2-3-27-36(29)40(55)50(38(27)53)30-7-10-35(51)48-37(30)52/h2-6,8-9,21-23,30,47H,7,10-20H2,1H3,(H,48,51,52). The van der Waals surface area contributed by atoms with Gasteiger partial charge in [-0.15, -0.1) is 0 Å². The van der Waals surface area contributed by atoms with Crippen molar-refractivity contribution in [2.24, 2.45) is 0 Å². The number of benzene rings is 3. The minimum atomic E-state index is -4.78. The van der Waals surface area contributed by atoms with Crippen LogP contribution in [0.3, 0.4) is 0 Å². The molecule has 2 saturated heterocycles. The van der Waals surface area contributed by atoms with E-state index in [1.807, 2.05) is 0 Å². The maximum atomic E-state index is 13.6. The van der Waals surface area contributed by atoms with Crippen LogP contribution in [0.15, 0.2) is 59.5 Å². The molecule has 3 aromatic carbocycles. The van der Waals surface area contributed by atoms with E-state index in [9.17, 15) is 41.9 Å². The number of ether oxygens (including phenoxy) is 6. The number of nitrogens with zero attached hydrogens (tertiary/aromatic N) is 3. The van der Waals surface area contributed by atoms with Crippen molar-refractivity contribution in [1.29, 1.82) is 5.26 Å². The third-order valence-electron chi connectivity index (χ3n) is 9.60. The lowest BCUT2D eigenvalue weighted by Gasteiger charge is -2.27. The van der Waals surface area contributed by atoms with Gasteiger partial charge in [-0.3, -0.25) is 43.9 Å². The maximum absolute atomic E-state index is 13.6. The fourth-order valence-corrected chi connectivity index (χ4v) is 7.43. The molecule has 0 aliphatic carbocycles. The predicted octanol–water partition coefficient (Wildman–Crippen LogP) is 4.99. The lowest BCUT2D eigenvalue weighted by molar-refractivity contribution is -0.139. The Morgan fingerprint density at radius 3 is 2.19 bits per heavy atom. The summed E-state index contributed by atoms with van der Waals surface area (Å²) in [7, 11) is 1.29. The Balaban J connectivity index is 0.825. The number of anilines is 1. The average molecular weight is 896 g/mol. The Morgan fingerprint density at radius 1 is 0.841 bits per heavy atom. The fraction of sp³-hybridized carbons (Fsp3) is 0.357. The smallest absolute Gasteiger partial charge is 0.420 e. The van der Waals surface area contributed by atoms with E-state index in [0.717, 1.165) is 27.6 Å². The summed E-state index contributed by atoms with van der Waals surface area (Å²) in [5.41, 5.74) is -0.124. The summed E-state index contributed by atoms with van der Waals surface area (Å²) in [5.74, 6) is -3.36. The van der Waals surface area contributed by atoms with E-state index in [1.165, 1.54) is 43.5 Å². The van der Waals surface area contributed by atoms with Gasteiger partial charge >= 0.3 is 6.18 Å². The molecule has 332 valence electrons. The summed E-state index contributed by atoms with van der Waals surface area (Å²) in [4.78, 5) is 77.7. The Kier molecular flexibility index (Phi) is 15.5. The molecule has 6 rings (SSSR count). The molecular formula is C42H40F3N5O12S. The molecule has 2 fully saturated rings. The number of amides is 6. The van der Waals surface area contributed by atoms with E-state index in [0.29, 0.717) is 37.1 Å². The molecule has 2 N–H and O–H groups in total. The topological polar surface area (TPSA) is 212 Å². The van der Waals surface area contributed by atoms with E-state index in [4.69, 9.17) is 33.7 Å². The maximum Gasteiger partial charge on any atom is 0.420 e. The predicted molar refractivity (Wildman–Crippen MR) is 217 cm³/mol. The Morgan fingerprint density at radius 2 is 1.52 bits per heavy atom. The number of alkyl halides is 3. The van der Waals surface area contributed by atoms with Gasteiger partial charge in [-0.25, -0.2) is 0 Å². The number of halogens is 3. The van der Waals surface area contributed by atoms with Crippen molar-refractivity contribution < 1.29 is 70.4 Å². The molecular weight excluding hydrogens is 856 g/mol. The molecule has 3 aliphatic heterocycles. The van der Waals surface area contributed by atoms with Gasteiger partial charge in [-0.1, -0.05) is 12.1 Å². The van der Waals surface area contributed by atoms with Gasteiger partial charge in [0.25, 0.3) is 23.0 Å². The SMILES string of the molecule is COc1cc(C=C2SC(=O)N(CCOCCOCCOCCOCCNc3cccc4c3C(=O)N(C3CCC(=O)NC3=O)C4=O)C2=O)ccc1Oc1ccc(C#N)cc1C(F)(F)F. The number of hydrogen-bond acceptors (Lipinski definition) is 15. The second-order valence-corrected chi connectivity index (χ2v) is 14.7. The average Bonchev–Trinajstić information content (AvgIpc) is 3.67. The molecule has 0 radical (unpaired) electrons. The lowest BCUT2D eigenvalue weighted by atomic mass is 10.0. The van der Waals surface area contributed by atoms with Crippen LogP contribution in [-0.4, -0.2) is 124 Å². The van der Waals surface area contributed by atoms with Crippen molar-refractivity contribution in [1.82, 2.24) is 15.1 Å². The minimum absolute atomic E-state index is 0.00260. The van der Waals surface area contributed by atoms with Gasteiger partial charge in [0.15, 0.2) is 11.5 Å². The van der Waals surface area contributed by atoms with Crippen molar-refractivity contribution in [2.45, 2.75) is 25.1 Å². The van der Waals surface area contributed by atoms with Crippen molar-refractivity contribution in [3.05, 3.63) is 87.3 Å². The van der Waals surface area contributed by atoms with Gasteiger partial charge in [-0.05, 0) is 72.3 Å². The van der Waals surface area contributed by atoms with Crippen molar-refractivity contribution in [3.8, 4) is 23.3 Å². The van der Waals surface area contributed by atoms with Crippen LogP contribution in [-0.2, 0) is 39.5 Å². The first-order chi connectivity index (χ1) is 30.3. The van der Waals surface area contributed by atoms with Crippen molar-refractivity contribution >= 4 is 58.3 Å². The first kappa shape index (κ1) is 46.2. The number of methoxy groups -OCH3 is 1. The van der Waals surface area contributed by atoms with E-state index in [1.54, 1.807) is 18.2 Å². The van der Waals surface area contributed by atoms with Crippen LogP contribution in [0.1, 0.15) is 50.2 Å². The highest BCUT2D eigenvalue weighted by molar-refractivity contribution is 8.18. The Bertz CT molecular complexity index is 2340. The number of nitrogens with one attached hydrogen (secondary N) is 2. The Labute approximate surface area is 362 Å². The van der Waals surface area contributed by atoms with Crippen LogP contribution in [0, 0.1) is 11.3 Å². The van der Waals surface area contributed by atoms with Gasteiger partial charge in [0, 0.05) is 18.7 Å². The summed E-state index contributed by atoms with van der Waals surface area (Å²) in [6.07, 6.45) is -3.23. The van der Waals surface area contributed by atoms with Crippen molar-refractivity contribution in [3.63, 3.8) is 0 Å². The van der Waals surface area contributed by atoms with E-state index >= 15 is 0 Å². The molecule has 1 unspecified atom stereocenters. The quantitative estimate of drug-likeness (QED) is 0.0819. The van der Waals surface area contributed by atoms with Gasteiger partial charge in [0.05, 0.1) is 99.7 Å². The summed E-state index contributed by atoms with van der Waals surface area (Å²) < 4.78 is 73.9. The molecule has 0 aromatic heterocycles. The zero-order chi connectivity index (χ0) is 45.1. The Hall–Kier alpha value is -6.31. The number of imide groups is 3. The summed E-state index contributed by atoms with van der Waals surface area (Å²) >= 11 is 0.727. The molecule has 3 heterocycles. The van der Waals surface area contributed by atoms with Crippen LogP contribution in [0.5, 0.6) is 17.2 Å². The number of nitriles is 1. The number of thioether (sulfide) groups is 1. The highest BCUT2D eigenvalue weighted by Crippen LogP contribution is 2.42. The number of hydrogen-bond donors (Lipinski definition) is 2. The molecule has 0 saturated carbocycles. The third-order valence-corrected chi connectivity index (χ3v) is 10.5. The summed E-state index contributed by atoms with van der Waals surface area (Å²) in [6, 6.07) is 12.6. The van der Waals surface area contributed by atoms with Gasteiger partial charge < -0.3 is 33.7 Å². The molecule has 17 nitrogen and oxygen atoms in total.